The number of nitrogens with one attached hydrogen (secondary N) is 1. The molecule has 32 heavy (non-hydrogen) atoms. The number of hydrogen-bond donors (Lipinski definition) is 1. The molecule has 1 amide bonds. The topological polar surface area (TPSA) is 106 Å². The summed E-state index contributed by atoms with van der Waals surface area (Å²) in [6.45, 7) is 7.01. The van der Waals surface area contributed by atoms with Crippen LogP contribution < -0.4 is 10.1 Å². The quantitative estimate of drug-likeness (QED) is 0.558. The van der Waals surface area contributed by atoms with E-state index in [1.165, 1.54) is 22.0 Å². The van der Waals surface area contributed by atoms with Crippen LogP contribution in [0, 0.1) is 5.92 Å². The van der Waals surface area contributed by atoms with Crippen LogP contribution in [0.25, 0.3) is 10.2 Å². The number of ether oxygens (including phenoxy) is 1. The Morgan fingerprint density at radius 3 is 2.72 bits per heavy atom. The second-order valence-corrected chi connectivity index (χ2v) is 10.9. The predicted molar refractivity (Wildman–Crippen MR) is 124 cm³/mol. The molecule has 9 nitrogen and oxygen atoms in total. The van der Waals surface area contributed by atoms with Crippen LogP contribution >= 0.6 is 11.3 Å². The number of carbonyl (C=O) groups excluding carboxylic acids is 1. The smallest absolute Gasteiger partial charge is 0.262 e. The Labute approximate surface area is 191 Å². The van der Waals surface area contributed by atoms with Crippen LogP contribution in [0.1, 0.15) is 39.7 Å². The fourth-order valence-corrected chi connectivity index (χ4v) is 5.93. The van der Waals surface area contributed by atoms with Crippen LogP contribution in [0.15, 0.2) is 35.7 Å². The summed E-state index contributed by atoms with van der Waals surface area (Å²) in [5, 5.41) is 3.48. The van der Waals surface area contributed by atoms with Crippen LogP contribution in [0.5, 0.6) is 5.75 Å². The SMILES string of the molecule is CCOc1ccc2nc(NC(=O)C3CCN(S(=O)(=O)c4cn(C(C)C)cn4)CC3)sc2c1. The third kappa shape index (κ3) is 4.64. The molecule has 3 aromatic rings. The van der Waals surface area contributed by atoms with Crippen molar-refractivity contribution in [3.8, 4) is 5.75 Å². The summed E-state index contributed by atoms with van der Waals surface area (Å²) in [6, 6.07) is 5.78. The van der Waals surface area contributed by atoms with Crippen molar-refractivity contribution in [2.45, 2.75) is 44.7 Å². The average molecular weight is 478 g/mol. The average Bonchev–Trinajstić information content (AvgIpc) is 3.41. The molecule has 1 fully saturated rings. The van der Waals surface area contributed by atoms with Gasteiger partial charge in [-0.25, -0.2) is 18.4 Å². The van der Waals surface area contributed by atoms with Crippen molar-refractivity contribution in [1.29, 1.82) is 0 Å². The molecule has 0 spiro atoms. The maximum Gasteiger partial charge on any atom is 0.262 e. The zero-order valence-corrected chi connectivity index (χ0v) is 19.9. The van der Waals surface area contributed by atoms with Gasteiger partial charge in [0.1, 0.15) is 5.75 Å². The van der Waals surface area contributed by atoms with Gasteiger partial charge in [-0.2, -0.15) is 4.31 Å². The number of nitrogens with zero attached hydrogens (tertiary/aromatic N) is 4. The van der Waals surface area contributed by atoms with E-state index in [1.54, 1.807) is 10.8 Å². The van der Waals surface area contributed by atoms with Gasteiger partial charge in [0.05, 0.1) is 23.2 Å². The number of hydrogen-bond acceptors (Lipinski definition) is 7. The summed E-state index contributed by atoms with van der Waals surface area (Å²) in [5.74, 6) is 0.379. The molecule has 0 aliphatic carbocycles. The number of imidazole rings is 1. The summed E-state index contributed by atoms with van der Waals surface area (Å²) in [7, 11) is -3.66. The van der Waals surface area contributed by atoms with Gasteiger partial charge < -0.3 is 14.6 Å². The highest BCUT2D eigenvalue weighted by Gasteiger charge is 2.33. The Balaban J connectivity index is 1.37. The first-order valence-electron chi connectivity index (χ1n) is 10.7. The van der Waals surface area contributed by atoms with Gasteiger partial charge in [0.15, 0.2) is 10.2 Å². The Morgan fingerprint density at radius 2 is 2.06 bits per heavy atom. The molecule has 172 valence electrons. The molecule has 1 aliphatic heterocycles. The Hall–Kier alpha value is -2.50. The minimum Gasteiger partial charge on any atom is -0.494 e. The van der Waals surface area contributed by atoms with Gasteiger partial charge >= 0.3 is 0 Å². The van der Waals surface area contributed by atoms with E-state index < -0.39 is 10.0 Å². The molecule has 1 N–H and O–H groups in total. The molecule has 0 saturated carbocycles. The number of thiazole rings is 1. The van der Waals surface area contributed by atoms with Gasteiger partial charge in [-0.1, -0.05) is 11.3 Å². The number of aromatic nitrogens is 3. The molecule has 11 heteroatoms. The maximum absolute atomic E-state index is 12.9. The maximum atomic E-state index is 12.9. The highest BCUT2D eigenvalue weighted by Crippen LogP contribution is 2.30. The summed E-state index contributed by atoms with van der Waals surface area (Å²) in [5.41, 5.74) is 0.801. The Kier molecular flexibility index (Phi) is 6.50. The first-order chi connectivity index (χ1) is 15.3. The number of fused-ring (bicyclic) bond motifs is 1. The van der Waals surface area contributed by atoms with E-state index in [0.717, 1.165) is 16.0 Å². The Bertz CT molecular complexity index is 1210. The number of anilines is 1. The zero-order valence-electron chi connectivity index (χ0n) is 18.3. The number of benzene rings is 1. The second-order valence-electron chi connectivity index (χ2n) is 8.00. The minimum absolute atomic E-state index is 0.0509. The van der Waals surface area contributed by atoms with Crippen LogP contribution in [0.4, 0.5) is 5.13 Å². The molecule has 1 aromatic carbocycles. The third-order valence-corrected chi connectivity index (χ3v) is 8.22. The highest BCUT2D eigenvalue weighted by molar-refractivity contribution is 7.89. The van der Waals surface area contributed by atoms with Crippen molar-refractivity contribution in [1.82, 2.24) is 18.8 Å². The normalized spacial score (nSPS) is 16.0. The fourth-order valence-electron chi connectivity index (χ4n) is 3.65. The second kappa shape index (κ2) is 9.16. The monoisotopic (exact) mass is 477 g/mol. The van der Waals surface area contributed by atoms with Crippen molar-refractivity contribution in [2.75, 3.05) is 25.0 Å². The molecule has 4 rings (SSSR count). The van der Waals surface area contributed by atoms with Gasteiger partial charge in [-0.3, -0.25) is 4.79 Å². The zero-order chi connectivity index (χ0) is 22.9. The van der Waals surface area contributed by atoms with Crippen molar-refractivity contribution < 1.29 is 17.9 Å². The van der Waals surface area contributed by atoms with E-state index in [2.05, 4.69) is 15.3 Å². The molecule has 1 aliphatic rings. The molecule has 0 atom stereocenters. The largest absolute Gasteiger partial charge is 0.494 e. The lowest BCUT2D eigenvalue weighted by molar-refractivity contribution is -0.120. The lowest BCUT2D eigenvalue weighted by Gasteiger charge is -2.29. The van der Waals surface area contributed by atoms with E-state index in [4.69, 9.17) is 4.74 Å². The van der Waals surface area contributed by atoms with E-state index in [0.29, 0.717) is 24.6 Å². The van der Waals surface area contributed by atoms with Gasteiger partial charge in [0.2, 0.25) is 5.91 Å². The third-order valence-electron chi connectivity index (χ3n) is 5.50. The lowest BCUT2D eigenvalue weighted by atomic mass is 9.97. The van der Waals surface area contributed by atoms with Gasteiger partial charge in [-0.15, -0.1) is 0 Å². The first-order valence-corrected chi connectivity index (χ1v) is 12.9. The first kappa shape index (κ1) is 22.7. The van der Waals surface area contributed by atoms with E-state index >= 15 is 0 Å². The summed E-state index contributed by atoms with van der Waals surface area (Å²) >= 11 is 1.40. The van der Waals surface area contributed by atoms with E-state index in [1.807, 2.05) is 39.0 Å². The Morgan fingerprint density at radius 1 is 1.31 bits per heavy atom. The standard InChI is InChI=1S/C21H27N5O4S2/c1-4-30-16-5-6-17-18(11-16)31-21(23-17)24-20(27)15-7-9-26(10-8-15)32(28,29)19-12-25(13-22-19)14(2)3/h5-6,11-15H,4,7-10H2,1-3H3,(H,23,24,27). The van der Waals surface area contributed by atoms with Crippen molar-refractivity contribution in [2.24, 2.45) is 5.92 Å². The van der Waals surface area contributed by atoms with Gasteiger partial charge in [0, 0.05) is 31.2 Å². The molecule has 0 radical (unpaired) electrons. The summed E-state index contributed by atoms with van der Waals surface area (Å²) in [6.07, 6.45) is 4.00. The molecule has 1 saturated heterocycles. The van der Waals surface area contributed by atoms with Crippen molar-refractivity contribution >= 4 is 42.6 Å². The number of amides is 1. The van der Waals surface area contributed by atoms with Crippen LogP contribution in [-0.2, 0) is 14.8 Å². The number of rotatable bonds is 7. The van der Waals surface area contributed by atoms with Crippen LogP contribution in [0.3, 0.4) is 0 Å². The van der Waals surface area contributed by atoms with Gasteiger partial charge in [-0.05, 0) is 51.8 Å². The summed E-state index contributed by atoms with van der Waals surface area (Å²) < 4.78 is 35.4. The van der Waals surface area contributed by atoms with Gasteiger partial charge in [0.25, 0.3) is 10.0 Å². The number of piperidine rings is 1. The van der Waals surface area contributed by atoms with E-state index in [-0.39, 0.29) is 36.0 Å². The number of sulfonamides is 1. The molecular weight excluding hydrogens is 450 g/mol. The van der Waals surface area contributed by atoms with Crippen molar-refractivity contribution in [3.05, 3.63) is 30.7 Å². The molecule has 0 bridgehead atoms. The van der Waals surface area contributed by atoms with Crippen LogP contribution in [0.2, 0.25) is 0 Å². The minimum atomic E-state index is -3.66. The fraction of sp³-hybridized carbons (Fsp3) is 0.476. The highest BCUT2D eigenvalue weighted by atomic mass is 32.2. The predicted octanol–water partition coefficient (Wildman–Crippen LogP) is 3.51. The molecule has 2 aromatic heterocycles. The molecule has 0 unspecified atom stereocenters. The lowest BCUT2D eigenvalue weighted by Crippen LogP contribution is -2.41. The molecular formula is C21H27N5O4S2. The number of carbonyl (C=O) groups is 1. The molecule has 3 heterocycles. The van der Waals surface area contributed by atoms with Crippen molar-refractivity contribution in [3.63, 3.8) is 0 Å². The van der Waals surface area contributed by atoms with E-state index in [9.17, 15) is 13.2 Å². The van der Waals surface area contributed by atoms with Crippen LogP contribution in [-0.4, -0.2) is 52.9 Å². The summed E-state index contributed by atoms with van der Waals surface area (Å²) in [4.78, 5) is 21.3.